The van der Waals surface area contributed by atoms with Gasteiger partial charge in [-0.2, -0.15) is 13.2 Å². The molecule has 1 aliphatic rings. The molecule has 0 radical (unpaired) electrons. The number of benzene rings is 1. The van der Waals surface area contributed by atoms with Crippen LogP contribution in [0.1, 0.15) is 43.7 Å². The van der Waals surface area contributed by atoms with Crippen molar-refractivity contribution in [2.75, 3.05) is 0 Å². The molecule has 0 saturated heterocycles. The molecule has 0 N–H and O–H groups in total. The molecule has 0 unspecified atom stereocenters. The molecule has 0 heterocycles. The van der Waals surface area contributed by atoms with Crippen LogP contribution in [-0.2, 0) is 0 Å². The number of allylic oxidation sites excluding steroid dienone is 3. The minimum Gasteiger partial charge on any atom is -0.166 e. The van der Waals surface area contributed by atoms with Crippen molar-refractivity contribution in [1.82, 2.24) is 0 Å². The van der Waals surface area contributed by atoms with E-state index in [1.165, 1.54) is 0 Å². The summed E-state index contributed by atoms with van der Waals surface area (Å²) in [5, 5.41) is 0. The summed E-state index contributed by atoms with van der Waals surface area (Å²) in [6.45, 7) is 1.88. The average Bonchev–Trinajstić information content (AvgIpc) is 2.84. The first kappa shape index (κ1) is 13.9. The van der Waals surface area contributed by atoms with E-state index in [0.29, 0.717) is 18.4 Å². The quantitative estimate of drug-likeness (QED) is 0.652. The van der Waals surface area contributed by atoms with Gasteiger partial charge in [-0.25, -0.2) is 0 Å². The van der Waals surface area contributed by atoms with Crippen LogP contribution in [0.15, 0.2) is 35.9 Å². The highest BCUT2D eigenvalue weighted by Crippen LogP contribution is 2.41. The fraction of sp³-hybridized carbons (Fsp3) is 0.375. The van der Waals surface area contributed by atoms with Crippen LogP contribution < -0.4 is 0 Å². The molecule has 1 aromatic rings. The Balaban J connectivity index is 2.42. The van der Waals surface area contributed by atoms with E-state index in [2.05, 4.69) is 0 Å². The Bertz CT molecular complexity index is 482. The summed E-state index contributed by atoms with van der Waals surface area (Å²) in [4.78, 5) is 0. The Labute approximate surface area is 111 Å². The zero-order valence-electron chi connectivity index (χ0n) is 10.9. The molecule has 0 spiro atoms. The van der Waals surface area contributed by atoms with Crippen LogP contribution in [0.5, 0.6) is 0 Å². The molecule has 1 fully saturated rings. The second-order valence-corrected chi connectivity index (χ2v) is 4.81. The van der Waals surface area contributed by atoms with Gasteiger partial charge in [0.2, 0.25) is 0 Å². The molecule has 1 aromatic carbocycles. The normalized spacial score (nSPS) is 16.3. The van der Waals surface area contributed by atoms with E-state index in [1.807, 2.05) is 19.1 Å². The molecular weight excluding hydrogens is 249 g/mol. The van der Waals surface area contributed by atoms with Gasteiger partial charge in [0.1, 0.15) is 0 Å². The van der Waals surface area contributed by atoms with Crippen molar-refractivity contribution in [1.29, 1.82) is 0 Å². The lowest BCUT2D eigenvalue weighted by molar-refractivity contribution is -0.0695. The third-order valence-corrected chi connectivity index (χ3v) is 3.40. The molecule has 102 valence electrons. The van der Waals surface area contributed by atoms with E-state index in [0.717, 1.165) is 18.4 Å². The lowest BCUT2D eigenvalue weighted by Crippen LogP contribution is -2.12. The second-order valence-electron chi connectivity index (χ2n) is 4.81. The van der Waals surface area contributed by atoms with Gasteiger partial charge in [0.05, 0.1) is 5.57 Å². The van der Waals surface area contributed by atoms with Crippen molar-refractivity contribution in [2.45, 2.75) is 38.8 Å². The van der Waals surface area contributed by atoms with E-state index < -0.39 is 11.7 Å². The van der Waals surface area contributed by atoms with Gasteiger partial charge in [-0.05, 0) is 43.7 Å². The molecule has 3 heteroatoms. The van der Waals surface area contributed by atoms with Gasteiger partial charge in [0, 0.05) is 0 Å². The molecule has 0 nitrogen and oxygen atoms in total. The molecule has 0 amide bonds. The largest absolute Gasteiger partial charge is 0.416 e. The van der Waals surface area contributed by atoms with Gasteiger partial charge in [-0.1, -0.05) is 42.0 Å². The third kappa shape index (κ3) is 3.28. The SMILES string of the molecule is C/C=C/c1ccc(C(=C2CCCC2)C(F)(F)F)cc1. The lowest BCUT2D eigenvalue weighted by atomic mass is 9.97. The molecule has 0 atom stereocenters. The fourth-order valence-electron chi connectivity index (χ4n) is 2.57. The maximum Gasteiger partial charge on any atom is 0.416 e. The van der Waals surface area contributed by atoms with Gasteiger partial charge in [-0.3, -0.25) is 0 Å². The van der Waals surface area contributed by atoms with Crippen LogP contribution in [0.3, 0.4) is 0 Å². The number of hydrogen-bond acceptors (Lipinski definition) is 0. The summed E-state index contributed by atoms with van der Waals surface area (Å²) in [5.74, 6) is 0. The molecule has 2 rings (SSSR count). The first-order chi connectivity index (χ1) is 9.02. The Morgan fingerprint density at radius 2 is 1.63 bits per heavy atom. The smallest absolute Gasteiger partial charge is 0.166 e. The topological polar surface area (TPSA) is 0 Å². The first-order valence-electron chi connectivity index (χ1n) is 6.54. The first-order valence-corrected chi connectivity index (χ1v) is 6.54. The Morgan fingerprint density at radius 3 is 2.11 bits per heavy atom. The molecule has 1 aliphatic carbocycles. The highest BCUT2D eigenvalue weighted by atomic mass is 19.4. The van der Waals surface area contributed by atoms with Crippen molar-refractivity contribution in [3.8, 4) is 0 Å². The average molecular weight is 266 g/mol. The van der Waals surface area contributed by atoms with E-state index in [-0.39, 0.29) is 5.56 Å². The number of hydrogen-bond donors (Lipinski definition) is 0. The van der Waals surface area contributed by atoms with Gasteiger partial charge in [0.15, 0.2) is 0 Å². The molecule has 0 bridgehead atoms. The molecule has 1 saturated carbocycles. The number of alkyl halides is 3. The van der Waals surface area contributed by atoms with Crippen molar-refractivity contribution in [3.05, 3.63) is 47.0 Å². The summed E-state index contributed by atoms with van der Waals surface area (Å²) in [7, 11) is 0. The zero-order valence-corrected chi connectivity index (χ0v) is 10.9. The Kier molecular flexibility index (Phi) is 4.13. The summed E-state index contributed by atoms with van der Waals surface area (Å²) >= 11 is 0. The monoisotopic (exact) mass is 266 g/mol. The number of halogens is 3. The van der Waals surface area contributed by atoms with E-state index >= 15 is 0 Å². The maximum absolute atomic E-state index is 13.2. The van der Waals surface area contributed by atoms with Crippen molar-refractivity contribution in [2.24, 2.45) is 0 Å². The minimum absolute atomic E-state index is 0.289. The summed E-state index contributed by atoms with van der Waals surface area (Å²) < 4.78 is 39.7. The highest BCUT2D eigenvalue weighted by Gasteiger charge is 2.37. The lowest BCUT2D eigenvalue weighted by Gasteiger charge is -2.15. The van der Waals surface area contributed by atoms with Gasteiger partial charge < -0.3 is 0 Å². The predicted molar refractivity (Wildman–Crippen MR) is 72.6 cm³/mol. The summed E-state index contributed by atoms with van der Waals surface area (Å²) in [6, 6.07) is 6.61. The second kappa shape index (κ2) is 5.64. The fourth-order valence-corrected chi connectivity index (χ4v) is 2.57. The summed E-state index contributed by atoms with van der Waals surface area (Å²) in [6.07, 6.45) is 2.37. The van der Waals surface area contributed by atoms with Crippen LogP contribution in [-0.4, -0.2) is 6.18 Å². The predicted octanol–water partition coefficient (Wildman–Crippen LogP) is 5.61. The van der Waals surface area contributed by atoms with Crippen LogP contribution in [0, 0.1) is 0 Å². The Morgan fingerprint density at radius 1 is 1.05 bits per heavy atom. The van der Waals surface area contributed by atoms with E-state index in [4.69, 9.17) is 0 Å². The van der Waals surface area contributed by atoms with Crippen LogP contribution in [0.2, 0.25) is 0 Å². The molecular formula is C16H17F3. The van der Waals surface area contributed by atoms with Crippen LogP contribution in [0.4, 0.5) is 13.2 Å². The number of rotatable bonds is 2. The van der Waals surface area contributed by atoms with Crippen molar-refractivity contribution in [3.63, 3.8) is 0 Å². The third-order valence-electron chi connectivity index (χ3n) is 3.40. The molecule has 19 heavy (non-hydrogen) atoms. The summed E-state index contributed by atoms with van der Waals surface area (Å²) in [5.41, 5.74) is 1.35. The van der Waals surface area contributed by atoms with Crippen molar-refractivity contribution >= 4 is 11.6 Å². The van der Waals surface area contributed by atoms with E-state index in [9.17, 15) is 13.2 Å². The van der Waals surface area contributed by atoms with Gasteiger partial charge in [0.25, 0.3) is 0 Å². The van der Waals surface area contributed by atoms with E-state index in [1.54, 1.807) is 24.3 Å². The molecule has 0 aromatic heterocycles. The minimum atomic E-state index is -4.26. The van der Waals surface area contributed by atoms with Gasteiger partial charge in [-0.15, -0.1) is 0 Å². The van der Waals surface area contributed by atoms with Crippen molar-refractivity contribution < 1.29 is 13.2 Å². The van der Waals surface area contributed by atoms with Crippen LogP contribution in [0.25, 0.3) is 11.6 Å². The Hall–Kier alpha value is -1.51. The van der Waals surface area contributed by atoms with Crippen LogP contribution >= 0.6 is 0 Å². The molecule has 0 aliphatic heterocycles. The maximum atomic E-state index is 13.2. The van der Waals surface area contributed by atoms with Gasteiger partial charge >= 0.3 is 6.18 Å². The zero-order chi connectivity index (χ0) is 13.9. The highest BCUT2D eigenvalue weighted by molar-refractivity contribution is 5.73. The standard InChI is InChI=1S/C16H17F3/c1-2-5-12-8-10-14(11-9-12)15(16(17,18)19)13-6-3-4-7-13/h2,5,8-11H,3-4,6-7H2,1H3/b5-2+.